The number of thiophene rings is 1. The van der Waals surface area contributed by atoms with Crippen molar-refractivity contribution >= 4 is 33.3 Å². The van der Waals surface area contributed by atoms with Crippen molar-refractivity contribution < 1.29 is 9.90 Å². The number of fused-ring (bicyclic) bond motifs is 1. The van der Waals surface area contributed by atoms with Crippen LogP contribution in [-0.4, -0.2) is 43.2 Å². The monoisotopic (exact) mass is 416 g/mol. The number of nitrogens with zero attached hydrogens (tertiary/aromatic N) is 1. The van der Waals surface area contributed by atoms with Crippen LogP contribution in [0.25, 0.3) is 10.1 Å². The number of aliphatic hydroxyl groups is 1. The standard InChI is InChI=1S/C22H32N4O2S/c1-2-23-22(25-12-11-24-21(28)13-16-7-3-4-8-16)26-15-18(27)20-14-17-9-5-6-10-19(17)29-20/h5-6,9-10,14,16,18,27H,2-4,7-8,11-13,15H2,1H3,(H,24,28)(H2,23,25,26). The first-order valence-electron chi connectivity index (χ1n) is 10.6. The molecular formula is C22H32N4O2S. The lowest BCUT2D eigenvalue weighted by atomic mass is 10.0. The number of rotatable bonds is 9. The first-order valence-corrected chi connectivity index (χ1v) is 11.4. The number of hydrogen-bond donors (Lipinski definition) is 4. The maximum absolute atomic E-state index is 12.0. The van der Waals surface area contributed by atoms with Gasteiger partial charge in [0.25, 0.3) is 0 Å². The highest BCUT2D eigenvalue weighted by molar-refractivity contribution is 7.19. The van der Waals surface area contributed by atoms with Gasteiger partial charge in [-0.1, -0.05) is 31.0 Å². The van der Waals surface area contributed by atoms with E-state index in [1.165, 1.54) is 30.4 Å². The Kier molecular flexibility index (Phi) is 8.31. The molecule has 0 bridgehead atoms. The Balaban J connectivity index is 1.43. The molecule has 29 heavy (non-hydrogen) atoms. The molecule has 1 saturated carbocycles. The number of aliphatic imine (C=N–C) groups is 1. The summed E-state index contributed by atoms with van der Waals surface area (Å²) in [6, 6.07) is 10.2. The average Bonchev–Trinajstić information content (AvgIpc) is 3.38. The molecule has 1 unspecified atom stereocenters. The number of benzene rings is 1. The summed E-state index contributed by atoms with van der Waals surface area (Å²) in [6.45, 7) is 4.19. The molecule has 158 valence electrons. The summed E-state index contributed by atoms with van der Waals surface area (Å²) in [7, 11) is 0. The fourth-order valence-electron chi connectivity index (χ4n) is 3.71. The van der Waals surface area contributed by atoms with Gasteiger partial charge in [-0.05, 0) is 43.2 Å². The third-order valence-corrected chi connectivity index (χ3v) is 6.45. The highest BCUT2D eigenvalue weighted by atomic mass is 32.1. The zero-order chi connectivity index (χ0) is 20.5. The summed E-state index contributed by atoms with van der Waals surface area (Å²) >= 11 is 1.60. The molecule has 1 aromatic carbocycles. The molecular weight excluding hydrogens is 384 g/mol. The Bertz CT molecular complexity index is 781. The molecule has 0 aliphatic heterocycles. The molecule has 6 nitrogen and oxygen atoms in total. The molecule has 0 spiro atoms. The van der Waals surface area contributed by atoms with E-state index in [1.807, 2.05) is 25.1 Å². The van der Waals surface area contributed by atoms with Gasteiger partial charge in [0.1, 0.15) is 6.10 Å². The van der Waals surface area contributed by atoms with Crippen molar-refractivity contribution in [3.63, 3.8) is 0 Å². The van der Waals surface area contributed by atoms with Crippen molar-refractivity contribution in [3.05, 3.63) is 35.2 Å². The highest BCUT2D eigenvalue weighted by Crippen LogP contribution is 2.30. The summed E-state index contributed by atoms with van der Waals surface area (Å²) in [4.78, 5) is 17.4. The zero-order valence-electron chi connectivity index (χ0n) is 17.1. The molecule has 1 atom stereocenters. The minimum atomic E-state index is -0.631. The van der Waals surface area contributed by atoms with Gasteiger partial charge in [-0.15, -0.1) is 11.3 Å². The number of guanidine groups is 1. The van der Waals surface area contributed by atoms with E-state index in [9.17, 15) is 9.90 Å². The molecule has 1 aliphatic rings. The van der Waals surface area contributed by atoms with Crippen LogP contribution in [0, 0.1) is 5.92 Å². The summed E-state index contributed by atoms with van der Waals surface area (Å²) in [5.74, 6) is 1.36. The maximum atomic E-state index is 12.0. The zero-order valence-corrected chi connectivity index (χ0v) is 17.9. The number of carbonyl (C=O) groups is 1. The van der Waals surface area contributed by atoms with E-state index in [1.54, 1.807) is 11.3 Å². The van der Waals surface area contributed by atoms with Crippen LogP contribution in [-0.2, 0) is 4.79 Å². The van der Waals surface area contributed by atoms with E-state index in [0.29, 0.717) is 31.4 Å². The molecule has 1 heterocycles. The van der Waals surface area contributed by atoms with Crippen LogP contribution in [0.3, 0.4) is 0 Å². The van der Waals surface area contributed by atoms with Crippen molar-refractivity contribution in [2.75, 3.05) is 26.2 Å². The molecule has 3 rings (SSSR count). The smallest absolute Gasteiger partial charge is 0.220 e. The van der Waals surface area contributed by atoms with Crippen molar-refractivity contribution in [2.45, 2.75) is 45.1 Å². The van der Waals surface area contributed by atoms with Crippen LogP contribution >= 0.6 is 11.3 Å². The molecule has 1 aromatic heterocycles. The average molecular weight is 417 g/mol. The lowest BCUT2D eigenvalue weighted by molar-refractivity contribution is -0.121. The highest BCUT2D eigenvalue weighted by Gasteiger charge is 2.18. The van der Waals surface area contributed by atoms with Crippen LogP contribution in [0.4, 0.5) is 0 Å². The maximum Gasteiger partial charge on any atom is 0.220 e. The molecule has 0 saturated heterocycles. The van der Waals surface area contributed by atoms with E-state index >= 15 is 0 Å². The van der Waals surface area contributed by atoms with Gasteiger partial charge in [0, 0.05) is 35.6 Å². The molecule has 1 aliphatic carbocycles. The van der Waals surface area contributed by atoms with Crippen LogP contribution in [0.1, 0.15) is 50.0 Å². The van der Waals surface area contributed by atoms with Gasteiger partial charge in [0.15, 0.2) is 5.96 Å². The minimum Gasteiger partial charge on any atom is -0.386 e. The van der Waals surface area contributed by atoms with E-state index in [-0.39, 0.29) is 12.5 Å². The Morgan fingerprint density at radius 2 is 1.97 bits per heavy atom. The molecule has 2 aromatic rings. The first-order chi connectivity index (χ1) is 14.2. The van der Waals surface area contributed by atoms with Crippen molar-refractivity contribution in [1.29, 1.82) is 0 Å². The lowest BCUT2D eigenvalue weighted by Crippen LogP contribution is -2.41. The fraction of sp³-hybridized carbons (Fsp3) is 0.545. The minimum absolute atomic E-state index is 0.140. The molecule has 1 fully saturated rings. The van der Waals surface area contributed by atoms with Crippen LogP contribution in [0.5, 0.6) is 0 Å². The number of nitrogens with one attached hydrogen (secondary N) is 3. The second-order valence-electron chi connectivity index (χ2n) is 7.55. The van der Waals surface area contributed by atoms with E-state index in [2.05, 4.69) is 33.1 Å². The Hall–Kier alpha value is -2.12. The normalized spacial score (nSPS) is 16.1. The summed E-state index contributed by atoms with van der Waals surface area (Å²) < 4.78 is 1.17. The number of aliphatic hydroxyl groups excluding tert-OH is 1. The number of hydrogen-bond acceptors (Lipinski definition) is 4. The molecule has 4 N–H and O–H groups in total. The predicted octanol–water partition coefficient (Wildman–Crippen LogP) is 3.19. The van der Waals surface area contributed by atoms with Gasteiger partial charge in [0.05, 0.1) is 6.54 Å². The van der Waals surface area contributed by atoms with Crippen molar-refractivity contribution in [2.24, 2.45) is 10.9 Å². The number of amides is 1. The largest absolute Gasteiger partial charge is 0.386 e. The summed E-state index contributed by atoms with van der Waals surface area (Å²) in [5, 5.41) is 21.0. The molecule has 0 radical (unpaired) electrons. The third kappa shape index (κ3) is 6.72. The molecule has 1 amide bonds. The fourth-order valence-corrected chi connectivity index (χ4v) is 4.75. The van der Waals surface area contributed by atoms with Gasteiger partial charge in [-0.2, -0.15) is 0 Å². The van der Waals surface area contributed by atoms with Crippen molar-refractivity contribution in [1.82, 2.24) is 16.0 Å². The lowest BCUT2D eigenvalue weighted by Gasteiger charge is -2.14. The first kappa shape index (κ1) is 21.6. The number of carbonyl (C=O) groups excluding carboxylic acids is 1. The Morgan fingerprint density at radius 3 is 2.72 bits per heavy atom. The van der Waals surface area contributed by atoms with Gasteiger partial charge >= 0.3 is 0 Å². The second-order valence-corrected chi connectivity index (χ2v) is 8.67. The van der Waals surface area contributed by atoms with Gasteiger partial charge in [-0.3, -0.25) is 9.79 Å². The van der Waals surface area contributed by atoms with Crippen LogP contribution in [0.2, 0.25) is 0 Å². The SMILES string of the molecule is CCNC(=NCC(O)c1cc2ccccc2s1)NCCNC(=O)CC1CCCC1. The Morgan fingerprint density at radius 1 is 1.21 bits per heavy atom. The molecule has 7 heteroatoms. The predicted molar refractivity (Wildman–Crippen MR) is 120 cm³/mol. The van der Waals surface area contributed by atoms with E-state index in [4.69, 9.17) is 0 Å². The van der Waals surface area contributed by atoms with Crippen LogP contribution < -0.4 is 16.0 Å². The van der Waals surface area contributed by atoms with E-state index in [0.717, 1.165) is 16.8 Å². The quantitative estimate of drug-likeness (QED) is 0.287. The van der Waals surface area contributed by atoms with Crippen molar-refractivity contribution in [3.8, 4) is 0 Å². The Labute approximate surface area is 176 Å². The van der Waals surface area contributed by atoms with E-state index < -0.39 is 6.10 Å². The van der Waals surface area contributed by atoms with Gasteiger partial charge in [-0.25, -0.2) is 0 Å². The topological polar surface area (TPSA) is 85.8 Å². The van der Waals surface area contributed by atoms with Crippen LogP contribution in [0.15, 0.2) is 35.3 Å². The van der Waals surface area contributed by atoms with Gasteiger partial charge in [0.2, 0.25) is 5.91 Å². The summed E-state index contributed by atoms with van der Waals surface area (Å²) in [6.07, 6.45) is 4.91. The second kappa shape index (κ2) is 11.2. The third-order valence-electron chi connectivity index (χ3n) is 5.23. The van der Waals surface area contributed by atoms with Gasteiger partial charge < -0.3 is 21.1 Å². The summed E-state index contributed by atoms with van der Waals surface area (Å²) in [5.41, 5.74) is 0.